The second-order valence-corrected chi connectivity index (χ2v) is 11.6. The third kappa shape index (κ3) is 18.9. The molecule has 2 aromatic carbocycles. The van der Waals surface area contributed by atoms with Crippen LogP contribution in [-0.2, 0) is 56.9 Å². The third-order valence-corrected chi connectivity index (χ3v) is 7.83. The van der Waals surface area contributed by atoms with Crippen molar-refractivity contribution < 1.29 is 61.7 Å². The van der Waals surface area contributed by atoms with Crippen molar-refractivity contribution in [2.24, 2.45) is 0 Å². The van der Waals surface area contributed by atoms with Gasteiger partial charge in [-0.1, -0.05) is 55.1 Å². The normalized spacial score (nSPS) is 12.0. The van der Waals surface area contributed by atoms with E-state index in [2.05, 4.69) is 30.8 Å². The Morgan fingerprint density at radius 2 is 0.868 bits per heavy atom. The Bertz CT molecular complexity index is 1230. The summed E-state index contributed by atoms with van der Waals surface area (Å²) in [7, 11) is 1.71. The van der Waals surface area contributed by atoms with Crippen LogP contribution < -0.4 is 0 Å². The number of benzene rings is 2. The molecule has 0 saturated heterocycles. The molecule has 2 aromatic rings. The van der Waals surface area contributed by atoms with Gasteiger partial charge in [0.1, 0.15) is 13.2 Å². The molecule has 0 saturated carbocycles. The predicted octanol–water partition coefficient (Wildman–Crippen LogP) is 3.75. The average Bonchev–Trinajstić information content (AvgIpc) is 3.50. The van der Waals surface area contributed by atoms with Crippen molar-refractivity contribution in [2.75, 3.05) is 146 Å². The minimum absolute atomic E-state index is 0.0352. The fraction of sp³-hybridized carbons (Fsp3) is 0.590. The van der Waals surface area contributed by atoms with E-state index in [1.807, 2.05) is 24.3 Å². The van der Waals surface area contributed by atoms with E-state index < -0.39 is 5.97 Å². The van der Waals surface area contributed by atoms with Crippen LogP contribution in [0.3, 0.4) is 0 Å². The van der Waals surface area contributed by atoms with Crippen molar-refractivity contribution in [3.63, 3.8) is 0 Å². The van der Waals surface area contributed by atoms with E-state index in [9.17, 15) is 9.59 Å². The molecule has 0 N–H and O–H groups in total. The molecule has 0 unspecified atom stereocenters. The zero-order valence-corrected chi connectivity index (χ0v) is 31.1. The van der Waals surface area contributed by atoms with Crippen LogP contribution >= 0.6 is 0 Å². The zero-order valence-electron chi connectivity index (χ0n) is 31.1. The van der Waals surface area contributed by atoms with Crippen LogP contribution in [0.5, 0.6) is 0 Å². The lowest BCUT2D eigenvalue weighted by Crippen LogP contribution is -2.32. The number of nitrogens with zero attached hydrogens (tertiary/aromatic N) is 1. The third-order valence-electron chi connectivity index (χ3n) is 7.83. The molecule has 53 heavy (non-hydrogen) atoms. The molecule has 296 valence electrons. The smallest absolute Gasteiger partial charge is 0.409 e. The maximum absolute atomic E-state index is 12.6. The molecule has 0 aliphatic heterocycles. The van der Waals surface area contributed by atoms with Gasteiger partial charge < -0.3 is 57.0 Å². The highest BCUT2D eigenvalue weighted by molar-refractivity contribution is 5.81. The molecule has 0 spiro atoms. The second kappa shape index (κ2) is 29.0. The fourth-order valence-electron chi connectivity index (χ4n) is 5.12. The lowest BCUT2D eigenvalue weighted by Gasteiger charge is -2.19. The maximum atomic E-state index is 12.6. The number of likely N-dealkylation sites (N-methyl/N-ethyl adjacent to an activating group) is 1. The van der Waals surface area contributed by atoms with Gasteiger partial charge in [-0.2, -0.15) is 0 Å². The molecule has 14 nitrogen and oxygen atoms in total. The average molecular weight is 748 g/mol. The van der Waals surface area contributed by atoms with Crippen molar-refractivity contribution in [3.05, 3.63) is 72.3 Å². The van der Waals surface area contributed by atoms with Crippen molar-refractivity contribution >= 4 is 12.1 Å². The van der Waals surface area contributed by atoms with E-state index in [0.717, 1.165) is 6.08 Å². The van der Waals surface area contributed by atoms with Gasteiger partial charge in [0, 0.05) is 25.6 Å². The first-order chi connectivity index (χ1) is 26.1. The van der Waals surface area contributed by atoms with E-state index in [-0.39, 0.29) is 18.6 Å². The summed E-state index contributed by atoms with van der Waals surface area (Å²) in [4.78, 5) is 25.0. The van der Waals surface area contributed by atoms with Gasteiger partial charge in [0.2, 0.25) is 0 Å². The van der Waals surface area contributed by atoms with E-state index in [1.54, 1.807) is 7.05 Å². The zero-order chi connectivity index (χ0) is 37.6. The molecule has 3 rings (SSSR count). The van der Waals surface area contributed by atoms with Crippen LogP contribution in [0.15, 0.2) is 61.2 Å². The Morgan fingerprint density at radius 1 is 0.528 bits per heavy atom. The summed E-state index contributed by atoms with van der Waals surface area (Å²) >= 11 is 0. The SMILES string of the molecule is C=CC(=O)OCCOCCOCCOCCOCCOCCOCCOCCOCCOCCN(C)C(=O)OCC1c2ccccc2-c2ccccc21. The maximum Gasteiger partial charge on any atom is 0.409 e. The number of esters is 1. The van der Waals surface area contributed by atoms with Crippen LogP contribution in [0, 0.1) is 0 Å². The fourth-order valence-corrected chi connectivity index (χ4v) is 5.12. The Hall–Kier alpha value is -3.44. The van der Waals surface area contributed by atoms with Crippen LogP contribution in [0.25, 0.3) is 11.1 Å². The summed E-state index contributed by atoms with van der Waals surface area (Å²) in [6.07, 6.45) is 0.744. The van der Waals surface area contributed by atoms with Gasteiger partial charge in [0.15, 0.2) is 0 Å². The summed E-state index contributed by atoms with van der Waals surface area (Å²) in [6.45, 7) is 12.3. The second-order valence-electron chi connectivity index (χ2n) is 11.6. The van der Waals surface area contributed by atoms with Gasteiger partial charge in [0.25, 0.3) is 0 Å². The standard InChI is InChI=1S/C39H57NO13/c1-3-38(41)52-31-30-51-29-28-50-27-26-49-25-24-48-23-22-47-21-20-46-19-18-45-17-16-44-15-14-43-13-12-40(2)39(42)53-32-37-35-10-6-4-8-33(35)34-9-5-7-11-36(34)37/h3-11,37H,1,12-32H2,2H3. The Morgan fingerprint density at radius 3 is 1.25 bits per heavy atom. The first-order valence-electron chi connectivity index (χ1n) is 18.2. The number of rotatable bonds is 33. The number of amides is 1. The summed E-state index contributed by atoms with van der Waals surface area (Å²) in [5, 5.41) is 0. The first kappa shape index (κ1) is 44.0. The molecule has 14 heteroatoms. The quantitative estimate of drug-likeness (QED) is 0.0596. The van der Waals surface area contributed by atoms with Crippen molar-refractivity contribution in [1.82, 2.24) is 4.90 Å². The number of fused-ring (bicyclic) bond motifs is 3. The number of carbonyl (C=O) groups excluding carboxylic acids is 2. The molecule has 1 aliphatic carbocycles. The summed E-state index contributed by atoms with van der Waals surface area (Å²) in [5.74, 6) is -0.428. The molecule has 1 aliphatic rings. The monoisotopic (exact) mass is 747 g/mol. The Balaban J connectivity index is 0.985. The van der Waals surface area contributed by atoms with Crippen molar-refractivity contribution in [1.29, 1.82) is 0 Å². The van der Waals surface area contributed by atoms with E-state index in [4.69, 9.17) is 52.1 Å². The molecule has 0 atom stereocenters. The lowest BCUT2D eigenvalue weighted by atomic mass is 9.98. The van der Waals surface area contributed by atoms with Crippen LogP contribution in [0.1, 0.15) is 17.0 Å². The molecule has 0 bridgehead atoms. The number of carbonyl (C=O) groups is 2. The van der Waals surface area contributed by atoms with E-state index >= 15 is 0 Å². The molecular formula is C39H57NO13. The van der Waals surface area contributed by atoms with Crippen LogP contribution in [0.2, 0.25) is 0 Å². The molecule has 0 heterocycles. The molecule has 0 radical (unpaired) electrons. The topological polar surface area (TPSA) is 139 Å². The lowest BCUT2D eigenvalue weighted by molar-refractivity contribution is -0.139. The van der Waals surface area contributed by atoms with Gasteiger partial charge in [0.05, 0.1) is 119 Å². The van der Waals surface area contributed by atoms with Crippen LogP contribution in [-0.4, -0.2) is 163 Å². The van der Waals surface area contributed by atoms with Gasteiger partial charge in [-0.3, -0.25) is 0 Å². The molecule has 0 fully saturated rings. The highest BCUT2D eigenvalue weighted by atomic mass is 16.6. The number of hydrogen-bond donors (Lipinski definition) is 0. The Labute approximate surface area is 313 Å². The largest absolute Gasteiger partial charge is 0.460 e. The Kier molecular flexibility index (Phi) is 24.0. The highest BCUT2D eigenvalue weighted by Gasteiger charge is 2.29. The van der Waals surface area contributed by atoms with Gasteiger partial charge in [-0.15, -0.1) is 0 Å². The van der Waals surface area contributed by atoms with Gasteiger partial charge >= 0.3 is 12.1 Å². The van der Waals surface area contributed by atoms with E-state index in [0.29, 0.717) is 132 Å². The predicted molar refractivity (Wildman–Crippen MR) is 196 cm³/mol. The summed E-state index contributed by atoms with van der Waals surface area (Å²) < 4.78 is 59.7. The van der Waals surface area contributed by atoms with Crippen LogP contribution in [0.4, 0.5) is 4.79 Å². The highest BCUT2D eigenvalue weighted by Crippen LogP contribution is 2.44. The minimum atomic E-state index is -0.463. The molecule has 1 amide bonds. The summed E-state index contributed by atoms with van der Waals surface area (Å²) in [6, 6.07) is 16.6. The molecular weight excluding hydrogens is 690 g/mol. The van der Waals surface area contributed by atoms with Gasteiger partial charge in [-0.05, 0) is 22.3 Å². The van der Waals surface area contributed by atoms with E-state index in [1.165, 1.54) is 27.2 Å². The first-order valence-corrected chi connectivity index (χ1v) is 18.2. The molecule has 0 aromatic heterocycles. The minimum Gasteiger partial charge on any atom is -0.460 e. The van der Waals surface area contributed by atoms with Crippen molar-refractivity contribution in [3.8, 4) is 11.1 Å². The van der Waals surface area contributed by atoms with Gasteiger partial charge in [-0.25, -0.2) is 9.59 Å². The number of ether oxygens (including phenoxy) is 11. The number of hydrogen-bond acceptors (Lipinski definition) is 13. The van der Waals surface area contributed by atoms with Crippen molar-refractivity contribution in [2.45, 2.75) is 5.92 Å². The summed E-state index contributed by atoms with van der Waals surface area (Å²) in [5.41, 5.74) is 4.78.